The molecule has 0 atom stereocenters. The Kier molecular flexibility index (Phi) is 4.17. The first-order valence-electron chi connectivity index (χ1n) is 6.34. The predicted molar refractivity (Wildman–Crippen MR) is 70.5 cm³/mol. The fourth-order valence-corrected chi connectivity index (χ4v) is 3.13. The first-order chi connectivity index (χ1) is 8.60. The maximum Gasteiger partial charge on any atom is 0.215 e. The van der Waals surface area contributed by atoms with Gasteiger partial charge in [0.25, 0.3) is 0 Å². The van der Waals surface area contributed by atoms with Crippen LogP contribution in [0.4, 0.5) is 0 Å². The van der Waals surface area contributed by atoms with Crippen LogP contribution in [-0.2, 0) is 11.8 Å². The second-order valence-corrected chi connectivity index (χ2v) is 5.42. The van der Waals surface area contributed by atoms with E-state index in [9.17, 15) is 4.79 Å². The van der Waals surface area contributed by atoms with Gasteiger partial charge < -0.3 is 4.74 Å². The van der Waals surface area contributed by atoms with Gasteiger partial charge in [0.05, 0.1) is 0 Å². The second kappa shape index (κ2) is 5.48. The number of carbonyl (C=O) groups is 1. The number of aryl methyl sites for hydroxylation is 1. The lowest BCUT2D eigenvalue weighted by Crippen LogP contribution is -2.44. The molecule has 0 aliphatic heterocycles. The second-order valence-electron chi connectivity index (χ2n) is 4.67. The van der Waals surface area contributed by atoms with Crippen molar-refractivity contribution in [2.75, 3.05) is 6.61 Å². The third kappa shape index (κ3) is 2.36. The van der Waals surface area contributed by atoms with Crippen LogP contribution in [0.15, 0.2) is 4.60 Å². The molecule has 1 heterocycles. The van der Waals surface area contributed by atoms with Crippen LogP contribution in [-0.4, -0.2) is 33.0 Å². The number of halogens is 1. The number of ether oxygens (including phenoxy) is 1. The Balaban J connectivity index is 2.34. The van der Waals surface area contributed by atoms with E-state index < -0.39 is 5.60 Å². The average molecular weight is 316 g/mol. The zero-order valence-corrected chi connectivity index (χ0v) is 12.4. The Labute approximate surface area is 115 Å². The van der Waals surface area contributed by atoms with E-state index in [1.54, 1.807) is 7.05 Å². The smallest absolute Gasteiger partial charge is 0.215 e. The van der Waals surface area contributed by atoms with E-state index in [-0.39, 0.29) is 5.78 Å². The van der Waals surface area contributed by atoms with Crippen molar-refractivity contribution in [3.63, 3.8) is 0 Å². The molecule has 1 aliphatic rings. The minimum absolute atomic E-state index is 0.00317. The number of rotatable bonds is 4. The number of hydrogen-bond donors (Lipinski definition) is 0. The fraction of sp³-hybridized carbons (Fsp3) is 0.750. The molecule has 0 spiro atoms. The van der Waals surface area contributed by atoms with Crippen LogP contribution in [0.3, 0.4) is 0 Å². The highest BCUT2D eigenvalue weighted by Crippen LogP contribution is 2.35. The van der Waals surface area contributed by atoms with Crippen LogP contribution in [0, 0.1) is 0 Å². The van der Waals surface area contributed by atoms with Gasteiger partial charge in [-0.15, -0.1) is 5.10 Å². The first-order valence-corrected chi connectivity index (χ1v) is 7.14. The van der Waals surface area contributed by atoms with Gasteiger partial charge in [-0.1, -0.05) is 24.5 Å². The normalized spacial score (nSPS) is 18.8. The third-order valence-electron chi connectivity index (χ3n) is 3.50. The Bertz CT molecular complexity index is 414. The summed E-state index contributed by atoms with van der Waals surface area (Å²) in [5.74, 6) is 0.00317. The van der Waals surface area contributed by atoms with Crippen molar-refractivity contribution in [1.29, 1.82) is 0 Å². The maximum atomic E-state index is 12.8. The zero-order chi connectivity index (χ0) is 13.2. The number of ketones is 1. The molecule has 1 saturated carbocycles. The molecule has 1 aliphatic carbocycles. The third-order valence-corrected chi connectivity index (χ3v) is 4.03. The van der Waals surface area contributed by atoms with E-state index >= 15 is 0 Å². The lowest BCUT2D eigenvalue weighted by atomic mass is 9.80. The molecular formula is C12H18BrN3O2. The topological polar surface area (TPSA) is 57.0 Å². The van der Waals surface area contributed by atoms with Crippen LogP contribution >= 0.6 is 15.9 Å². The number of aromatic nitrogens is 3. The van der Waals surface area contributed by atoms with Crippen molar-refractivity contribution in [2.45, 2.75) is 44.6 Å². The largest absolute Gasteiger partial charge is 0.367 e. The fourth-order valence-electron chi connectivity index (χ4n) is 2.62. The summed E-state index contributed by atoms with van der Waals surface area (Å²) in [6.45, 7) is 2.48. The molecule has 1 fully saturated rings. The summed E-state index contributed by atoms with van der Waals surface area (Å²) in [5, 5.41) is 7.74. The summed E-state index contributed by atoms with van der Waals surface area (Å²) in [4.78, 5) is 12.8. The molecule has 6 heteroatoms. The Morgan fingerprint density at radius 2 is 2.11 bits per heavy atom. The molecule has 1 aromatic rings. The van der Waals surface area contributed by atoms with Crippen LogP contribution in [0.25, 0.3) is 0 Å². The maximum absolute atomic E-state index is 12.8. The standard InChI is InChI=1S/C12H18BrN3O2/c1-3-18-12(7-5-4-6-8-12)10(17)9-11(13)14-15-16(9)2/h3-8H2,1-2H3. The van der Waals surface area contributed by atoms with Crippen LogP contribution in [0.1, 0.15) is 49.5 Å². The van der Waals surface area contributed by atoms with Gasteiger partial charge in [0.2, 0.25) is 5.78 Å². The number of nitrogens with zero attached hydrogens (tertiary/aromatic N) is 3. The zero-order valence-electron chi connectivity index (χ0n) is 10.8. The molecule has 0 radical (unpaired) electrons. The van der Waals surface area contributed by atoms with Crippen molar-refractivity contribution in [1.82, 2.24) is 15.0 Å². The summed E-state index contributed by atoms with van der Waals surface area (Å²) in [5.41, 5.74) is -0.171. The van der Waals surface area contributed by atoms with Crippen molar-refractivity contribution in [3.8, 4) is 0 Å². The summed E-state index contributed by atoms with van der Waals surface area (Å²) in [6.07, 6.45) is 4.82. The minimum atomic E-state index is -0.676. The molecular weight excluding hydrogens is 298 g/mol. The summed E-state index contributed by atoms with van der Waals surface area (Å²) < 4.78 is 7.84. The van der Waals surface area contributed by atoms with E-state index in [0.29, 0.717) is 16.9 Å². The predicted octanol–water partition coefficient (Wildman–Crippen LogP) is 2.50. The van der Waals surface area contributed by atoms with Gasteiger partial charge in [-0.05, 0) is 35.7 Å². The van der Waals surface area contributed by atoms with Crippen LogP contribution in [0.2, 0.25) is 0 Å². The van der Waals surface area contributed by atoms with Crippen molar-refractivity contribution >= 4 is 21.7 Å². The molecule has 0 unspecified atom stereocenters. The summed E-state index contributed by atoms with van der Waals surface area (Å²) >= 11 is 3.29. The molecule has 2 rings (SSSR count). The van der Waals surface area contributed by atoms with Gasteiger partial charge in [-0.3, -0.25) is 4.79 Å². The van der Waals surface area contributed by atoms with Gasteiger partial charge in [0.15, 0.2) is 4.60 Å². The SMILES string of the molecule is CCOC1(C(=O)c2c(Br)nnn2C)CCCCC1. The monoisotopic (exact) mass is 315 g/mol. The molecule has 0 amide bonds. The Morgan fingerprint density at radius 3 is 2.61 bits per heavy atom. The lowest BCUT2D eigenvalue weighted by molar-refractivity contribution is -0.0417. The first kappa shape index (κ1) is 13.7. The lowest BCUT2D eigenvalue weighted by Gasteiger charge is -2.35. The quantitative estimate of drug-likeness (QED) is 0.801. The van der Waals surface area contributed by atoms with Crippen molar-refractivity contribution in [3.05, 3.63) is 10.3 Å². The molecule has 100 valence electrons. The van der Waals surface area contributed by atoms with Gasteiger partial charge >= 0.3 is 0 Å². The molecule has 0 aromatic carbocycles. The minimum Gasteiger partial charge on any atom is -0.367 e. The highest BCUT2D eigenvalue weighted by molar-refractivity contribution is 9.10. The molecule has 1 aromatic heterocycles. The van der Waals surface area contributed by atoms with Gasteiger partial charge in [0.1, 0.15) is 11.3 Å². The summed E-state index contributed by atoms with van der Waals surface area (Å²) in [6, 6.07) is 0. The Hall–Kier alpha value is -0.750. The van der Waals surface area contributed by atoms with E-state index in [2.05, 4.69) is 26.2 Å². The number of Topliss-reactive ketones (excluding diaryl/α,β-unsaturated/α-hetero) is 1. The highest BCUT2D eigenvalue weighted by atomic mass is 79.9. The van der Waals surface area contributed by atoms with Gasteiger partial charge in [-0.2, -0.15) is 0 Å². The van der Waals surface area contributed by atoms with E-state index in [4.69, 9.17) is 4.74 Å². The van der Waals surface area contributed by atoms with E-state index in [1.807, 2.05) is 6.92 Å². The Morgan fingerprint density at radius 1 is 1.44 bits per heavy atom. The van der Waals surface area contributed by atoms with Crippen LogP contribution in [0.5, 0.6) is 0 Å². The number of hydrogen-bond acceptors (Lipinski definition) is 4. The molecule has 0 N–H and O–H groups in total. The van der Waals surface area contributed by atoms with Crippen molar-refractivity contribution in [2.24, 2.45) is 7.05 Å². The van der Waals surface area contributed by atoms with E-state index in [1.165, 1.54) is 11.1 Å². The summed E-state index contributed by atoms with van der Waals surface area (Å²) in [7, 11) is 1.73. The van der Waals surface area contributed by atoms with Gasteiger partial charge in [-0.25, -0.2) is 4.68 Å². The molecule has 0 bridgehead atoms. The van der Waals surface area contributed by atoms with Crippen LogP contribution < -0.4 is 0 Å². The van der Waals surface area contributed by atoms with Gasteiger partial charge in [0, 0.05) is 13.7 Å². The highest BCUT2D eigenvalue weighted by Gasteiger charge is 2.43. The number of carbonyl (C=O) groups excluding carboxylic acids is 1. The molecule has 0 saturated heterocycles. The molecule has 18 heavy (non-hydrogen) atoms. The average Bonchev–Trinajstić information content (AvgIpc) is 2.70. The molecule has 5 nitrogen and oxygen atoms in total. The van der Waals surface area contributed by atoms with Crippen molar-refractivity contribution < 1.29 is 9.53 Å². The van der Waals surface area contributed by atoms with E-state index in [0.717, 1.165) is 25.7 Å².